The van der Waals surface area contributed by atoms with Crippen molar-refractivity contribution in [1.29, 1.82) is 0 Å². The first kappa shape index (κ1) is 21.1. The molecule has 10 heteroatoms. The smallest absolute Gasteiger partial charge is 0.358 e. The van der Waals surface area contributed by atoms with Gasteiger partial charge in [-0.2, -0.15) is 0 Å². The lowest BCUT2D eigenvalue weighted by atomic mass is 10.1. The van der Waals surface area contributed by atoms with Crippen LogP contribution in [0.1, 0.15) is 16.1 Å². The van der Waals surface area contributed by atoms with Crippen LogP contribution in [0.3, 0.4) is 0 Å². The number of piperazine rings is 1. The van der Waals surface area contributed by atoms with Gasteiger partial charge in [-0.3, -0.25) is 9.69 Å². The Hall–Kier alpha value is -3.11. The molecule has 2 aliphatic heterocycles. The van der Waals surface area contributed by atoms with Gasteiger partial charge in [0.1, 0.15) is 0 Å². The molecule has 2 aliphatic rings. The second kappa shape index (κ2) is 9.80. The number of esters is 1. The maximum atomic E-state index is 12.4. The van der Waals surface area contributed by atoms with Crippen molar-refractivity contribution in [3.63, 3.8) is 0 Å². The van der Waals surface area contributed by atoms with Crippen LogP contribution in [0.25, 0.3) is 0 Å². The fraction of sp³-hybridized carbons (Fsp3) is 0.381. The van der Waals surface area contributed by atoms with Crippen molar-refractivity contribution in [2.24, 2.45) is 0 Å². The zero-order chi connectivity index (χ0) is 21.6. The molecule has 9 nitrogen and oxygen atoms in total. The maximum Gasteiger partial charge on any atom is 0.358 e. The fourth-order valence-electron chi connectivity index (χ4n) is 3.35. The second-order valence-corrected chi connectivity index (χ2v) is 7.99. The lowest BCUT2D eigenvalue weighted by Gasteiger charge is -2.34. The average molecular weight is 445 g/mol. The van der Waals surface area contributed by atoms with Crippen LogP contribution in [0.4, 0.5) is 5.13 Å². The van der Waals surface area contributed by atoms with Gasteiger partial charge in [-0.05, 0) is 17.7 Å². The first-order valence-electron chi connectivity index (χ1n) is 9.98. The van der Waals surface area contributed by atoms with Gasteiger partial charge in [0.25, 0.3) is 5.91 Å². The Kier molecular flexibility index (Phi) is 6.68. The van der Waals surface area contributed by atoms with Gasteiger partial charge in [0, 0.05) is 44.6 Å². The van der Waals surface area contributed by atoms with E-state index >= 15 is 0 Å². The highest BCUT2D eigenvalue weighted by Crippen LogP contribution is 2.32. The number of carbonyl (C=O) groups is 2. The maximum absolute atomic E-state index is 12.4. The molecule has 4 rings (SSSR count). The number of hydrogen-bond acceptors (Lipinski definition) is 9. The Morgan fingerprint density at radius 2 is 2.03 bits per heavy atom. The van der Waals surface area contributed by atoms with Crippen LogP contribution in [-0.2, 0) is 16.1 Å². The highest BCUT2D eigenvalue weighted by atomic mass is 32.1. The van der Waals surface area contributed by atoms with Crippen LogP contribution in [0.2, 0.25) is 0 Å². The fourth-order valence-corrected chi connectivity index (χ4v) is 4.04. The first-order valence-corrected chi connectivity index (χ1v) is 10.9. The van der Waals surface area contributed by atoms with Gasteiger partial charge < -0.3 is 24.4 Å². The van der Waals surface area contributed by atoms with Crippen molar-refractivity contribution in [2.75, 3.05) is 51.4 Å². The van der Waals surface area contributed by atoms with E-state index in [0.29, 0.717) is 24.8 Å². The molecule has 1 saturated heterocycles. The molecule has 1 fully saturated rings. The predicted molar refractivity (Wildman–Crippen MR) is 116 cm³/mol. The third-order valence-corrected chi connectivity index (χ3v) is 5.81. The molecule has 0 aliphatic carbocycles. The Morgan fingerprint density at radius 3 is 2.84 bits per heavy atom. The molecule has 1 aromatic heterocycles. The average Bonchev–Trinajstić information content (AvgIpc) is 3.45. The molecule has 0 radical (unpaired) electrons. The van der Waals surface area contributed by atoms with E-state index in [4.69, 9.17) is 14.2 Å². The van der Waals surface area contributed by atoms with Gasteiger partial charge in [-0.1, -0.05) is 12.1 Å². The van der Waals surface area contributed by atoms with Crippen LogP contribution in [0, 0.1) is 0 Å². The quantitative estimate of drug-likeness (QED) is 0.488. The van der Waals surface area contributed by atoms with Crippen molar-refractivity contribution >= 4 is 28.3 Å². The Labute approximate surface area is 184 Å². The molecule has 0 atom stereocenters. The van der Waals surface area contributed by atoms with Crippen LogP contribution in [-0.4, -0.2) is 72.8 Å². The SMILES string of the molecule is C=CCNc1nc(C(=O)OCC(=O)N2CCN(Cc3ccc4c(c3)OCO4)CC2)cs1. The van der Waals surface area contributed by atoms with E-state index < -0.39 is 5.97 Å². The number of amides is 1. The highest BCUT2D eigenvalue weighted by molar-refractivity contribution is 7.13. The minimum Gasteiger partial charge on any atom is -0.454 e. The lowest BCUT2D eigenvalue weighted by molar-refractivity contribution is -0.136. The standard InChI is InChI=1S/C21H24N4O5S/c1-2-5-22-21-23-16(13-31-21)20(27)28-12-19(26)25-8-6-24(7-9-25)11-15-3-4-17-18(10-15)30-14-29-17/h2-4,10,13H,1,5-9,11-12,14H2,(H,22,23). The van der Waals surface area contributed by atoms with Crippen molar-refractivity contribution in [1.82, 2.24) is 14.8 Å². The third kappa shape index (κ3) is 5.33. The molecule has 164 valence electrons. The summed E-state index contributed by atoms with van der Waals surface area (Å²) >= 11 is 1.30. The molecular weight excluding hydrogens is 420 g/mol. The summed E-state index contributed by atoms with van der Waals surface area (Å²) in [6.07, 6.45) is 1.70. The molecule has 2 aromatic rings. The van der Waals surface area contributed by atoms with E-state index in [1.807, 2.05) is 18.2 Å². The molecule has 3 heterocycles. The summed E-state index contributed by atoms with van der Waals surface area (Å²) in [4.78, 5) is 32.7. The Bertz CT molecular complexity index is 955. The molecule has 0 saturated carbocycles. The third-order valence-electron chi connectivity index (χ3n) is 5.01. The summed E-state index contributed by atoms with van der Waals surface area (Å²) in [6, 6.07) is 5.95. The highest BCUT2D eigenvalue weighted by Gasteiger charge is 2.23. The number of anilines is 1. The zero-order valence-electron chi connectivity index (χ0n) is 17.0. The van der Waals surface area contributed by atoms with E-state index in [2.05, 4.69) is 21.8 Å². The Balaban J connectivity index is 1.20. The minimum atomic E-state index is -0.599. The minimum absolute atomic E-state index is 0.193. The monoisotopic (exact) mass is 444 g/mol. The number of nitrogens with one attached hydrogen (secondary N) is 1. The summed E-state index contributed by atoms with van der Waals surface area (Å²) < 4.78 is 15.9. The summed E-state index contributed by atoms with van der Waals surface area (Å²) in [5, 5.41) is 5.22. The topological polar surface area (TPSA) is 93.2 Å². The number of nitrogens with zero attached hydrogens (tertiary/aromatic N) is 3. The van der Waals surface area contributed by atoms with Crippen LogP contribution in [0.5, 0.6) is 11.5 Å². The van der Waals surface area contributed by atoms with E-state index in [-0.39, 0.29) is 25.0 Å². The largest absolute Gasteiger partial charge is 0.454 e. The Morgan fingerprint density at radius 1 is 1.23 bits per heavy atom. The predicted octanol–water partition coefficient (Wildman–Crippen LogP) is 1.97. The molecule has 0 unspecified atom stereocenters. The summed E-state index contributed by atoms with van der Waals surface area (Å²) in [7, 11) is 0. The van der Waals surface area contributed by atoms with Gasteiger partial charge in [0.2, 0.25) is 6.79 Å². The number of fused-ring (bicyclic) bond motifs is 1. The van der Waals surface area contributed by atoms with E-state index in [1.54, 1.807) is 16.4 Å². The van der Waals surface area contributed by atoms with Gasteiger partial charge in [0.05, 0.1) is 0 Å². The van der Waals surface area contributed by atoms with Crippen LogP contribution < -0.4 is 14.8 Å². The lowest BCUT2D eigenvalue weighted by Crippen LogP contribution is -2.49. The molecule has 0 bridgehead atoms. The zero-order valence-corrected chi connectivity index (χ0v) is 17.9. The molecule has 1 aromatic carbocycles. The van der Waals surface area contributed by atoms with Crippen molar-refractivity contribution in [2.45, 2.75) is 6.54 Å². The number of ether oxygens (including phenoxy) is 3. The summed E-state index contributed by atoms with van der Waals surface area (Å²) in [5.74, 6) is 0.751. The molecule has 1 amide bonds. The number of carbonyl (C=O) groups excluding carboxylic acids is 2. The number of aromatic nitrogens is 1. The van der Waals surface area contributed by atoms with Gasteiger partial charge in [0.15, 0.2) is 28.9 Å². The van der Waals surface area contributed by atoms with E-state index in [1.165, 1.54) is 11.3 Å². The molecule has 0 spiro atoms. The first-order chi connectivity index (χ1) is 15.1. The van der Waals surface area contributed by atoms with E-state index in [0.717, 1.165) is 36.7 Å². The number of hydrogen-bond donors (Lipinski definition) is 1. The van der Waals surface area contributed by atoms with Gasteiger partial charge in [-0.15, -0.1) is 17.9 Å². The van der Waals surface area contributed by atoms with Crippen molar-refractivity contribution < 1.29 is 23.8 Å². The number of thiazole rings is 1. The van der Waals surface area contributed by atoms with Gasteiger partial charge in [-0.25, -0.2) is 9.78 Å². The van der Waals surface area contributed by atoms with Crippen molar-refractivity contribution in [3.8, 4) is 11.5 Å². The van der Waals surface area contributed by atoms with Crippen LogP contribution >= 0.6 is 11.3 Å². The van der Waals surface area contributed by atoms with Crippen LogP contribution in [0.15, 0.2) is 36.2 Å². The van der Waals surface area contributed by atoms with E-state index in [9.17, 15) is 9.59 Å². The van der Waals surface area contributed by atoms with Gasteiger partial charge >= 0.3 is 5.97 Å². The second-order valence-electron chi connectivity index (χ2n) is 7.13. The number of benzene rings is 1. The van der Waals surface area contributed by atoms with Crippen molar-refractivity contribution in [3.05, 3.63) is 47.5 Å². The normalized spacial score (nSPS) is 15.5. The molecular formula is C21H24N4O5S. The summed E-state index contributed by atoms with van der Waals surface area (Å²) in [6.45, 7) is 7.61. The summed E-state index contributed by atoms with van der Waals surface area (Å²) in [5.41, 5.74) is 1.33. The molecule has 31 heavy (non-hydrogen) atoms. The number of rotatable bonds is 8. The molecule has 1 N–H and O–H groups in total.